The number of hydrogen-bond acceptors (Lipinski definition) is 5. The van der Waals surface area contributed by atoms with E-state index in [2.05, 4.69) is 6.58 Å². The molecule has 0 radical (unpaired) electrons. The van der Waals surface area contributed by atoms with Crippen molar-refractivity contribution in [1.29, 1.82) is 0 Å². The van der Waals surface area contributed by atoms with E-state index in [1.165, 1.54) is 25.1 Å². The van der Waals surface area contributed by atoms with Gasteiger partial charge in [-0.05, 0) is 18.6 Å². The molecular formula is C13H15NO5. The molecule has 0 heterocycles. The highest BCUT2D eigenvalue weighted by Crippen LogP contribution is 2.25. The van der Waals surface area contributed by atoms with Gasteiger partial charge in [-0.1, -0.05) is 12.6 Å². The van der Waals surface area contributed by atoms with E-state index >= 15 is 0 Å². The minimum atomic E-state index is -1.16. The van der Waals surface area contributed by atoms with Crippen molar-refractivity contribution in [3.05, 3.63) is 35.9 Å². The van der Waals surface area contributed by atoms with Crippen molar-refractivity contribution in [2.45, 2.75) is 19.4 Å². The Morgan fingerprint density at radius 2 is 2.11 bits per heavy atom. The average Bonchev–Trinajstić information content (AvgIpc) is 2.32. The summed E-state index contributed by atoms with van der Waals surface area (Å²) in [6, 6.07) is 2.93. The number of esters is 1. The van der Waals surface area contributed by atoms with Gasteiger partial charge in [-0.15, -0.1) is 0 Å². The maximum absolute atomic E-state index is 11.4. The van der Waals surface area contributed by atoms with Crippen molar-refractivity contribution in [2.75, 3.05) is 0 Å². The molecule has 6 heteroatoms. The number of nitrogens with two attached hydrogens (primary N) is 1. The topological polar surface area (TPSA) is 110 Å². The maximum atomic E-state index is 11.4. The minimum Gasteiger partial charge on any atom is -0.508 e. The summed E-state index contributed by atoms with van der Waals surface area (Å²) < 4.78 is 5.02. The number of aromatic hydroxyl groups is 1. The lowest BCUT2D eigenvalue weighted by Crippen LogP contribution is -2.32. The Hall–Kier alpha value is -2.34. The number of phenolic OH excluding ortho intramolecular Hbond substituents is 1. The molecule has 0 aliphatic carbocycles. The molecule has 0 spiro atoms. The Kier molecular flexibility index (Phi) is 4.66. The second-order valence-corrected chi connectivity index (χ2v) is 4.11. The van der Waals surface area contributed by atoms with Crippen LogP contribution in [0.5, 0.6) is 11.5 Å². The molecular weight excluding hydrogens is 250 g/mol. The molecule has 1 aromatic carbocycles. The molecule has 102 valence electrons. The van der Waals surface area contributed by atoms with Crippen LogP contribution < -0.4 is 10.5 Å². The van der Waals surface area contributed by atoms with E-state index in [0.29, 0.717) is 5.56 Å². The van der Waals surface area contributed by atoms with Gasteiger partial charge in [-0.2, -0.15) is 0 Å². The summed E-state index contributed by atoms with van der Waals surface area (Å²) in [7, 11) is 0. The number of rotatable bonds is 5. The van der Waals surface area contributed by atoms with Gasteiger partial charge in [0.25, 0.3) is 0 Å². The molecule has 0 fully saturated rings. The van der Waals surface area contributed by atoms with Crippen LogP contribution in [0.4, 0.5) is 0 Å². The zero-order valence-corrected chi connectivity index (χ0v) is 10.4. The number of aliphatic carboxylic acids is 1. The van der Waals surface area contributed by atoms with Crippen molar-refractivity contribution < 1.29 is 24.5 Å². The first kappa shape index (κ1) is 14.7. The molecule has 1 aromatic rings. The molecule has 6 nitrogen and oxygen atoms in total. The molecule has 1 unspecified atom stereocenters. The molecule has 0 amide bonds. The van der Waals surface area contributed by atoms with E-state index in [1.54, 1.807) is 0 Å². The van der Waals surface area contributed by atoms with E-state index in [-0.39, 0.29) is 23.5 Å². The van der Waals surface area contributed by atoms with Crippen LogP contribution in [-0.2, 0) is 16.0 Å². The first-order valence-corrected chi connectivity index (χ1v) is 5.49. The van der Waals surface area contributed by atoms with Crippen LogP contribution in [0.3, 0.4) is 0 Å². The van der Waals surface area contributed by atoms with Crippen molar-refractivity contribution in [2.24, 2.45) is 5.73 Å². The number of carboxylic acid groups (broad SMARTS) is 1. The minimum absolute atomic E-state index is 0.0194. The lowest BCUT2D eigenvalue weighted by molar-refractivity contribution is -0.138. The number of carbonyl (C=O) groups excluding carboxylic acids is 1. The highest BCUT2D eigenvalue weighted by atomic mass is 16.5. The highest BCUT2D eigenvalue weighted by molar-refractivity contribution is 5.89. The second kappa shape index (κ2) is 6.01. The SMILES string of the molecule is C=C(C)C(=O)Oc1cc(O)ccc1CC(N)C(=O)O. The van der Waals surface area contributed by atoms with Gasteiger partial charge in [-0.25, -0.2) is 4.79 Å². The zero-order valence-electron chi connectivity index (χ0n) is 10.4. The Morgan fingerprint density at radius 1 is 1.47 bits per heavy atom. The summed E-state index contributed by atoms with van der Waals surface area (Å²) in [5, 5.41) is 18.1. The molecule has 0 saturated carbocycles. The predicted octanol–water partition coefficient (Wildman–Crippen LogP) is 0.828. The lowest BCUT2D eigenvalue weighted by Gasteiger charge is -2.12. The van der Waals surface area contributed by atoms with E-state index < -0.39 is 18.0 Å². The lowest BCUT2D eigenvalue weighted by atomic mass is 10.1. The quantitative estimate of drug-likeness (QED) is 0.413. The Morgan fingerprint density at radius 3 is 2.63 bits per heavy atom. The van der Waals surface area contributed by atoms with Crippen molar-refractivity contribution >= 4 is 11.9 Å². The third kappa shape index (κ3) is 4.11. The summed E-state index contributed by atoms with van der Waals surface area (Å²) in [6.07, 6.45) is -0.0194. The summed E-state index contributed by atoms with van der Waals surface area (Å²) >= 11 is 0. The highest BCUT2D eigenvalue weighted by Gasteiger charge is 2.17. The standard InChI is InChI=1S/C13H15NO5/c1-7(2)13(18)19-11-6-9(15)4-3-8(11)5-10(14)12(16)17/h3-4,6,10,15H,1,5,14H2,2H3,(H,16,17). The van der Waals surface area contributed by atoms with Gasteiger partial charge in [0.2, 0.25) is 0 Å². The first-order valence-electron chi connectivity index (χ1n) is 5.49. The van der Waals surface area contributed by atoms with E-state index in [0.717, 1.165) is 0 Å². The summed E-state index contributed by atoms with van der Waals surface area (Å²) in [4.78, 5) is 22.2. The molecule has 0 bridgehead atoms. The largest absolute Gasteiger partial charge is 0.508 e. The normalized spacial score (nSPS) is 11.7. The number of carbonyl (C=O) groups is 2. The summed E-state index contributed by atoms with van der Waals surface area (Å²) in [6.45, 7) is 4.92. The van der Waals surface area contributed by atoms with Gasteiger partial charge in [0.1, 0.15) is 17.5 Å². The predicted molar refractivity (Wildman–Crippen MR) is 67.9 cm³/mol. The van der Waals surface area contributed by atoms with Crippen LogP contribution in [0.25, 0.3) is 0 Å². The van der Waals surface area contributed by atoms with Crippen molar-refractivity contribution in [3.8, 4) is 11.5 Å². The van der Waals surface area contributed by atoms with Crippen molar-refractivity contribution in [1.82, 2.24) is 0 Å². The number of carboxylic acids is 1. The third-order valence-electron chi connectivity index (χ3n) is 2.36. The molecule has 0 aromatic heterocycles. The van der Waals surface area contributed by atoms with Crippen LogP contribution in [0.15, 0.2) is 30.4 Å². The number of ether oxygens (including phenoxy) is 1. The van der Waals surface area contributed by atoms with Gasteiger partial charge < -0.3 is 20.7 Å². The monoisotopic (exact) mass is 265 g/mol. The molecule has 1 rings (SSSR count). The van der Waals surface area contributed by atoms with Gasteiger partial charge in [0, 0.05) is 18.1 Å². The molecule has 0 aliphatic rings. The first-order chi connectivity index (χ1) is 8.81. The number of phenols is 1. The fourth-order valence-electron chi connectivity index (χ4n) is 1.32. The molecule has 0 aliphatic heterocycles. The Labute approximate surface area is 110 Å². The summed E-state index contributed by atoms with van der Waals surface area (Å²) in [5.41, 5.74) is 6.04. The van der Waals surface area contributed by atoms with Gasteiger partial charge in [0.05, 0.1) is 0 Å². The van der Waals surface area contributed by atoms with Crippen molar-refractivity contribution in [3.63, 3.8) is 0 Å². The summed E-state index contributed by atoms with van der Waals surface area (Å²) in [5.74, 6) is -1.84. The van der Waals surface area contributed by atoms with Gasteiger partial charge in [-0.3, -0.25) is 4.79 Å². The van der Waals surface area contributed by atoms with Crippen LogP contribution in [0.1, 0.15) is 12.5 Å². The molecule has 0 saturated heterocycles. The molecule has 19 heavy (non-hydrogen) atoms. The van der Waals surface area contributed by atoms with Crippen LogP contribution in [0.2, 0.25) is 0 Å². The fraction of sp³-hybridized carbons (Fsp3) is 0.231. The van der Waals surface area contributed by atoms with Crippen LogP contribution >= 0.6 is 0 Å². The van der Waals surface area contributed by atoms with E-state index in [4.69, 9.17) is 15.6 Å². The van der Waals surface area contributed by atoms with E-state index in [1.807, 2.05) is 0 Å². The van der Waals surface area contributed by atoms with Crippen LogP contribution in [0, 0.1) is 0 Å². The van der Waals surface area contributed by atoms with E-state index in [9.17, 15) is 14.7 Å². The average molecular weight is 265 g/mol. The Balaban J connectivity index is 3.01. The van der Waals surface area contributed by atoms with Gasteiger partial charge in [0.15, 0.2) is 0 Å². The zero-order chi connectivity index (χ0) is 14.6. The Bertz CT molecular complexity index is 524. The molecule has 4 N–H and O–H groups in total. The van der Waals surface area contributed by atoms with Gasteiger partial charge >= 0.3 is 11.9 Å². The second-order valence-electron chi connectivity index (χ2n) is 4.11. The molecule has 1 atom stereocenters. The smallest absolute Gasteiger partial charge is 0.338 e. The number of benzene rings is 1. The third-order valence-corrected chi connectivity index (χ3v) is 2.36. The maximum Gasteiger partial charge on any atom is 0.338 e. The number of hydrogen-bond donors (Lipinski definition) is 3. The fourth-order valence-corrected chi connectivity index (χ4v) is 1.32. The van der Waals surface area contributed by atoms with Crippen LogP contribution in [-0.4, -0.2) is 28.2 Å².